The van der Waals surface area contributed by atoms with Crippen LogP contribution in [0.5, 0.6) is 0 Å². The maximum Gasteiger partial charge on any atom is 0.416 e. The Bertz CT molecular complexity index is 1250. The molecule has 2 aromatic carbocycles. The summed E-state index contributed by atoms with van der Waals surface area (Å²) in [5.74, 6) is -0.0735. The van der Waals surface area contributed by atoms with Crippen LogP contribution >= 0.6 is 0 Å². The summed E-state index contributed by atoms with van der Waals surface area (Å²) in [6, 6.07) is 1.66. The zero-order chi connectivity index (χ0) is 29.6. The number of alkyl halides is 9. The van der Waals surface area contributed by atoms with Gasteiger partial charge in [0.25, 0.3) is 0 Å². The number of amides is 2. The Labute approximate surface area is 220 Å². The second-order valence-electron chi connectivity index (χ2n) is 9.56. The van der Waals surface area contributed by atoms with E-state index in [0.29, 0.717) is 25.0 Å². The molecule has 2 unspecified atom stereocenters. The summed E-state index contributed by atoms with van der Waals surface area (Å²) in [5.41, 5.74) is -4.72. The van der Waals surface area contributed by atoms with E-state index in [2.05, 4.69) is 5.32 Å². The van der Waals surface area contributed by atoms with Crippen molar-refractivity contribution in [2.75, 3.05) is 11.5 Å². The molecule has 4 rings (SSSR count). The molecule has 2 aromatic rings. The van der Waals surface area contributed by atoms with Gasteiger partial charge in [-0.25, -0.2) is 9.59 Å². The number of alkyl carbamates (subject to hydrolysis) is 1. The van der Waals surface area contributed by atoms with Gasteiger partial charge in [-0.3, -0.25) is 4.90 Å². The molecule has 0 spiro atoms. The molecule has 15 heteroatoms. The summed E-state index contributed by atoms with van der Waals surface area (Å²) in [7, 11) is 0. The van der Waals surface area contributed by atoms with Gasteiger partial charge in [-0.05, 0) is 72.7 Å². The predicted octanol–water partition coefficient (Wildman–Crippen LogP) is 7.42. The van der Waals surface area contributed by atoms with E-state index in [1.54, 1.807) is 0 Å². The minimum Gasteiger partial charge on any atom is -0.465 e. The van der Waals surface area contributed by atoms with Gasteiger partial charge < -0.3 is 15.2 Å². The number of fused-ring (bicyclic) bond motifs is 1. The number of nitrogens with one attached hydrogen (secondary N) is 1. The summed E-state index contributed by atoms with van der Waals surface area (Å²) >= 11 is 0. The molecule has 2 amide bonds. The van der Waals surface area contributed by atoms with Crippen LogP contribution in [0.15, 0.2) is 36.4 Å². The molecule has 1 saturated carbocycles. The van der Waals surface area contributed by atoms with Gasteiger partial charge in [-0.1, -0.05) is 0 Å². The Hall–Kier alpha value is -3.65. The van der Waals surface area contributed by atoms with Gasteiger partial charge in [-0.15, -0.1) is 0 Å². The minimum absolute atomic E-state index is 0.0382. The number of benzene rings is 2. The van der Waals surface area contributed by atoms with Crippen molar-refractivity contribution < 1.29 is 58.9 Å². The molecule has 218 valence electrons. The molecule has 1 fully saturated rings. The molecule has 1 heterocycles. The van der Waals surface area contributed by atoms with Crippen LogP contribution in [0.2, 0.25) is 0 Å². The molecular formula is C25H21F9N2O4. The van der Waals surface area contributed by atoms with E-state index in [9.17, 15) is 54.2 Å². The molecule has 6 nitrogen and oxygen atoms in total. The van der Waals surface area contributed by atoms with Gasteiger partial charge in [-0.2, -0.15) is 39.5 Å². The van der Waals surface area contributed by atoms with Crippen LogP contribution in [0, 0.1) is 5.92 Å². The number of hydrogen-bond donors (Lipinski definition) is 2. The highest BCUT2D eigenvalue weighted by Crippen LogP contribution is 2.47. The van der Waals surface area contributed by atoms with Gasteiger partial charge in [0.05, 0.1) is 35.0 Å². The summed E-state index contributed by atoms with van der Waals surface area (Å²) in [6.07, 6.45) is -16.7. The molecule has 1 aliphatic heterocycles. The third-order valence-corrected chi connectivity index (χ3v) is 6.73. The number of anilines is 1. The molecule has 40 heavy (non-hydrogen) atoms. The van der Waals surface area contributed by atoms with Crippen molar-refractivity contribution in [1.82, 2.24) is 5.32 Å². The van der Waals surface area contributed by atoms with Crippen LogP contribution in [0.25, 0.3) is 0 Å². The average molecular weight is 584 g/mol. The number of hydrogen-bond acceptors (Lipinski definition) is 3. The highest BCUT2D eigenvalue weighted by atomic mass is 19.4. The third-order valence-electron chi connectivity index (χ3n) is 6.73. The monoisotopic (exact) mass is 584 g/mol. The second-order valence-corrected chi connectivity index (χ2v) is 9.56. The number of rotatable bonds is 5. The van der Waals surface area contributed by atoms with Crippen LogP contribution < -0.4 is 10.2 Å². The predicted molar refractivity (Wildman–Crippen MR) is 120 cm³/mol. The molecule has 0 saturated heterocycles. The van der Waals surface area contributed by atoms with Gasteiger partial charge in [0.15, 0.2) is 0 Å². The van der Waals surface area contributed by atoms with E-state index in [1.165, 1.54) is 0 Å². The van der Waals surface area contributed by atoms with E-state index in [4.69, 9.17) is 4.74 Å². The number of carbonyl (C=O) groups excluding carboxylic acids is 1. The highest BCUT2D eigenvalue weighted by Gasteiger charge is 2.45. The Kier molecular flexibility index (Phi) is 7.62. The van der Waals surface area contributed by atoms with Crippen molar-refractivity contribution in [3.05, 3.63) is 64.2 Å². The Morgan fingerprint density at radius 1 is 0.875 bits per heavy atom. The summed E-state index contributed by atoms with van der Waals surface area (Å²) in [5, 5.41) is 12.1. The number of carbonyl (C=O) groups is 2. The lowest BCUT2D eigenvalue weighted by atomic mass is 9.88. The molecule has 2 N–H and O–H groups in total. The van der Waals surface area contributed by atoms with E-state index in [1.807, 2.05) is 0 Å². The van der Waals surface area contributed by atoms with Crippen molar-refractivity contribution >= 4 is 17.9 Å². The maximum atomic E-state index is 13.4. The summed E-state index contributed by atoms with van der Waals surface area (Å²) in [4.78, 5) is 25.5. The largest absolute Gasteiger partial charge is 0.465 e. The topological polar surface area (TPSA) is 78.9 Å². The Morgan fingerprint density at radius 2 is 1.45 bits per heavy atom. The smallest absolute Gasteiger partial charge is 0.416 e. The lowest BCUT2D eigenvalue weighted by Crippen LogP contribution is -2.48. The van der Waals surface area contributed by atoms with E-state index in [-0.39, 0.29) is 29.7 Å². The zero-order valence-corrected chi connectivity index (χ0v) is 20.3. The first-order valence-corrected chi connectivity index (χ1v) is 11.9. The van der Waals surface area contributed by atoms with Crippen LogP contribution in [0.1, 0.15) is 53.1 Å². The summed E-state index contributed by atoms with van der Waals surface area (Å²) < 4.78 is 123. The van der Waals surface area contributed by atoms with E-state index < -0.39 is 78.1 Å². The molecule has 0 aromatic heterocycles. The van der Waals surface area contributed by atoms with Crippen molar-refractivity contribution in [3.8, 4) is 0 Å². The average Bonchev–Trinajstić information content (AvgIpc) is 3.67. The molecule has 1 aliphatic carbocycles. The van der Waals surface area contributed by atoms with Gasteiger partial charge in [0.1, 0.15) is 0 Å². The maximum absolute atomic E-state index is 13.4. The Balaban J connectivity index is 1.51. The molecular weight excluding hydrogens is 563 g/mol. The first-order valence-electron chi connectivity index (χ1n) is 11.9. The fourth-order valence-corrected chi connectivity index (χ4v) is 4.76. The fourth-order valence-electron chi connectivity index (χ4n) is 4.76. The minimum atomic E-state index is -5.06. The van der Waals surface area contributed by atoms with Crippen molar-refractivity contribution in [3.63, 3.8) is 0 Å². The standard InChI is InChI=1S/C25H21F9N2O4/c26-23(27,28)14-3-4-19-17(10-14)18(11-20(13-1-2-13)36(19)22(38)39)35-21(37)40-6-5-12-7-15(24(29,30)31)9-16(8-12)25(32,33)34/h3-4,7-10,13,18,20H,1-2,5-6,11H2,(H,35,37)(H,38,39). The quantitative estimate of drug-likeness (QED) is 0.359. The van der Waals surface area contributed by atoms with Gasteiger partial charge >= 0.3 is 30.7 Å². The van der Waals surface area contributed by atoms with Gasteiger partial charge in [0.2, 0.25) is 0 Å². The number of halogens is 9. The SMILES string of the molecule is O=C(NC1CC(C2CC2)N(C(=O)O)c2ccc(C(F)(F)F)cc21)OCCc1cc(C(F)(F)F)cc(C(F)(F)F)c1. The van der Waals surface area contributed by atoms with Crippen molar-refractivity contribution in [1.29, 1.82) is 0 Å². The fraction of sp³-hybridized carbons (Fsp3) is 0.440. The van der Waals surface area contributed by atoms with Crippen LogP contribution in [-0.4, -0.2) is 29.9 Å². The summed E-state index contributed by atoms with van der Waals surface area (Å²) in [6.45, 7) is -0.639. The second kappa shape index (κ2) is 10.4. The zero-order valence-electron chi connectivity index (χ0n) is 20.3. The normalized spacial score (nSPS) is 19.7. The molecule has 0 radical (unpaired) electrons. The van der Waals surface area contributed by atoms with Crippen LogP contribution in [-0.2, 0) is 29.7 Å². The Morgan fingerprint density at radius 3 is 1.95 bits per heavy atom. The first kappa shape index (κ1) is 29.3. The lowest BCUT2D eigenvalue weighted by molar-refractivity contribution is -0.143. The van der Waals surface area contributed by atoms with Crippen molar-refractivity contribution in [2.45, 2.75) is 56.3 Å². The van der Waals surface area contributed by atoms with Crippen molar-refractivity contribution in [2.24, 2.45) is 5.92 Å². The number of carboxylic acid groups (broad SMARTS) is 1. The van der Waals surface area contributed by atoms with Crippen LogP contribution in [0.4, 0.5) is 54.8 Å². The lowest BCUT2D eigenvalue weighted by Gasteiger charge is -2.40. The van der Waals surface area contributed by atoms with Gasteiger partial charge in [0, 0.05) is 12.5 Å². The number of nitrogens with zero attached hydrogens (tertiary/aromatic N) is 1. The highest BCUT2D eigenvalue weighted by molar-refractivity contribution is 5.89. The van der Waals surface area contributed by atoms with Crippen LogP contribution in [0.3, 0.4) is 0 Å². The van der Waals surface area contributed by atoms with E-state index in [0.717, 1.165) is 23.1 Å². The first-order chi connectivity index (χ1) is 18.4. The van der Waals surface area contributed by atoms with E-state index >= 15 is 0 Å². The molecule has 0 bridgehead atoms. The molecule has 2 aliphatic rings. The third kappa shape index (κ3) is 6.55. The molecule has 2 atom stereocenters. The number of ether oxygens (including phenoxy) is 1.